The molecule has 1 unspecified atom stereocenters. The molecule has 0 N–H and O–H groups in total. The first-order chi connectivity index (χ1) is 14.5. The van der Waals surface area contributed by atoms with E-state index >= 15 is 0 Å². The van der Waals surface area contributed by atoms with E-state index in [1.54, 1.807) is 16.7 Å². The molecule has 30 heavy (non-hydrogen) atoms. The SMILES string of the molecule is CSc1ccc2ccc(N3C(=O)c4ccccc4C3CC(=O)CCC(C)C)nc2n1. The van der Waals surface area contributed by atoms with Gasteiger partial charge >= 0.3 is 0 Å². The summed E-state index contributed by atoms with van der Waals surface area (Å²) in [5.74, 6) is 1.07. The van der Waals surface area contributed by atoms with Crippen LogP contribution in [0.2, 0.25) is 0 Å². The number of aromatic nitrogens is 2. The van der Waals surface area contributed by atoms with Crippen molar-refractivity contribution in [2.45, 2.75) is 44.2 Å². The molecular formula is C24H25N3O2S. The van der Waals surface area contributed by atoms with Gasteiger partial charge in [0.2, 0.25) is 0 Å². The standard InChI is InChI=1S/C24H25N3O2S/c1-15(2)8-11-17(28)14-20-18-6-4-5-7-19(18)24(29)27(20)21-12-9-16-10-13-22(30-3)26-23(16)25-21/h4-7,9-10,12-13,15,20H,8,11,14H2,1-3H3. The maximum absolute atomic E-state index is 13.3. The van der Waals surface area contributed by atoms with E-state index in [2.05, 4.69) is 18.8 Å². The highest BCUT2D eigenvalue weighted by atomic mass is 32.2. The molecular weight excluding hydrogens is 394 g/mol. The highest BCUT2D eigenvalue weighted by molar-refractivity contribution is 7.98. The fraction of sp³-hybridized carbons (Fsp3) is 0.333. The third-order valence-electron chi connectivity index (χ3n) is 5.47. The maximum Gasteiger partial charge on any atom is 0.260 e. The number of carbonyl (C=O) groups is 2. The molecule has 3 aromatic rings. The minimum absolute atomic E-state index is 0.111. The Morgan fingerprint density at radius 3 is 2.63 bits per heavy atom. The van der Waals surface area contributed by atoms with Gasteiger partial charge in [-0.1, -0.05) is 32.0 Å². The highest BCUT2D eigenvalue weighted by Crippen LogP contribution is 2.39. The molecule has 0 aliphatic carbocycles. The number of thioether (sulfide) groups is 1. The van der Waals surface area contributed by atoms with Gasteiger partial charge in [0.1, 0.15) is 11.6 Å². The largest absolute Gasteiger partial charge is 0.300 e. The molecule has 5 nitrogen and oxygen atoms in total. The summed E-state index contributed by atoms with van der Waals surface area (Å²) >= 11 is 1.55. The van der Waals surface area contributed by atoms with Gasteiger partial charge in [0, 0.05) is 23.8 Å². The third kappa shape index (κ3) is 3.97. The quantitative estimate of drug-likeness (QED) is 0.477. The summed E-state index contributed by atoms with van der Waals surface area (Å²) in [5.41, 5.74) is 2.15. The molecule has 1 amide bonds. The molecule has 154 valence electrons. The van der Waals surface area contributed by atoms with Gasteiger partial charge in [-0.3, -0.25) is 14.5 Å². The second-order valence-corrected chi connectivity index (χ2v) is 8.85. The van der Waals surface area contributed by atoms with E-state index in [4.69, 9.17) is 4.98 Å². The molecule has 0 saturated carbocycles. The van der Waals surface area contributed by atoms with E-state index in [0.29, 0.717) is 35.8 Å². The van der Waals surface area contributed by atoms with Gasteiger partial charge in [0.15, 0.2) is 5.65 Å². The number of nitrogens with zero attached hydrogens (tertiary/aromatic N) is 3. The average Bonchev–Trinajstić information content (AvgIpc) is 3.03. The van der Waals surface area contributed by atoms with Crippen molar-refractivity contribution in [2.24, 2.45) is 5.92 Å². The van der Waals surface area contributed by atoms with Crippen LogP contribution in [0.4, 0.5) is 5.82 Å². The van der Waals surface area contributed by atoms with E-state index in [9.17, 15) is 9.59 Å². The summed E-state index contributed by atoms with van der Waals surface area (Å²) in [6, 6.07) is 14.9. The summed E-state index contributed by atoms with van der Waals surface area (Å²) in [6.45, 7) is 4.23. The van der Waals surface area contributed by atoms with E-state index < -0.39 is 0 Å². The number of ketones is 1. The number of amides is 1. The maximum atomic E-state index is 13.3. The van der Waals surface area contributed by atoms with Crippen LogP contribution in [0.15, 0.2) is 53.6 Å². The molecule has 3 heterocycles. The van der Waals surface area contributed by atoms with Crippen LogP contribution in [-0.2, 0) is 4.79 Å². The van der Waals surface area contributed by atoms with Gasteiger partial charge in [-0.2, -0.15) is 0 Å². The monoisotopic (exact) mass is 419 g/mol. The van der Waals surface area contributed by atoms with Crippen LogP contribution in [0, 0.1) is 5.92 Å². The molecule has 0 fully saturated rings. The van der Waals surface area contributed by atoms with Crippen molar-refractivity contribution in [3.63, 3.8) is 0 Å². The lowest BCUT2D eigenvalue weighted by atomic mass is 9.97. The summed E-state index contributed by atoms with van der Waals surface area (Å²) in [7, 11) is 0. The van der Waals surface area contributed by atoms with E-state index in [1.807, 2.05) is 54.8 Å². The number of fused-ring (bicyclic) bond motifs is 2. The molecule has 4 rings (SSSR count). The van der Waals surface area contributed by atoms with Gasteiger partial charge in [0.05, 0.1) is 11.1 Å². The van der Waals surface area contributed by atoms with Crippen molar-refractivity contribution in [3.05, 3.63) is 59.7 Å². The molecule has 1 aliphatic heterocycles. The number of benzene rings is 1. The fourth-order valence-corrected chi connectivity index (χ4v) is 4.23. The van der Waals surface area contributed by atoms with Crippen LogP contribution in [0.3, 0.4) is 0 Å². The van der Waals surface area contributed by atoms with E-state index in [1.165, 1.54) is 0 Å². The van der Waals surface area contributed by atoms with Crippen molar-refractivity contribution < 1.29 is 9.59 Å². The number of hydrogen-bond donors (Lipinski definition) is 0. The number of pyridine rings is 2. The zero-order chi connectivity index (χ0) is 21.3. The van der Waals surface area contributed by atoms with Crippen molar-refractivity contribution in [1.82, 2.24) is 9.97 Å². The van der Waals surface area contributed by atoms with Gasteiger partial charge < -0.3 is 0 Å². The minimum Gasteiger partial charge on any atom is -0.300 e. The minimum atomic E-state index is -0.331. The zero-order valence-corrected chi connectivity index (χ0v) is 18.3. The normalized spacial score (nSPS) is 15.8. The van der Waals surface area contributed by atoms with Gasteiger partial charge in [-0.15, -0.1) is 11.8 Å². The van der Waals surface area contributed by atoms with Crippen molar-refractivity contribution in [3.8, 4) is 0 Å². The Morgan fingerprint density at radius 2 is 1.87 bits per heavy atom. The Hall–Kier alpha value is -2.73. The topological polar surface area (TPSA) is 63.2 Å². The molecule has 0 saturated heterocycles. The summed E-state index contributed by atoms with van der Waals surface area (Å²) < 4.78 is 0. The molecule has 0 spiro atoms. The molecule has 0 bridgehead atoms. The van der Waals surface area contributed by atoms with Crippen molar-refractivity contribution >= 4 is 40.3 Å². The first kappa shape index (κ1) is 20.5. The predicted octanol–water partition coefficient (Wildman–Crippen LogP) is 5.45. The second kappa shape index (κ2) is 8.56. The Balaban J connectivity index is 1.72. The predicted molar refractivity (Wildman–Crippen MR) is 121 cm³/mol. The van der Waals surface area contributed by atoms with Crippen LogP contribution < -0.4 is 4.90 Å². The number of hydrogen-bond acceptors (Lipinski definition) is 5. The van der Waals surface area contributed by atoms with Gasteiger partial charge in [-0.25, -0.2) is 9.97 Å². The zero-order valence-electron chi connectivity index (χ0n) is 17.5. The molecule has 1 atom stereocenters. The molecule has 6 heteroatoms. The molecule has 1 aromatic carbocycles. The number of rotatable bonds is 7. The van der Waals surface area contributed by atoms with E-state index in [0.717, 1.165) is 22.4 Å². The lowest BCUT2D eigenvalue weighted by Crippen LogP contribution is -2.30. The van der Waals surface area contributed by atoms with Crippen LogP contribution in [0.1, 0.15) is 55.1 Å². The Labute approximate surface area is 180 Å². The molecule has 2 aromatic heterocycles. The first-order valence-corrected chi connectivity index (χ1v) is 11.5. The Morgan fingerprint density at radius 1 is 1.10 bits per heavy atom. The molecule has 1 aliphatic rings. The van der Waals surface area contributed by atoms with Crippen LogP contribution >= 0.6 is 11.8 Å². The Bertz CT molecular complexity index is 1110. The average molecular weight is 420 g/mol. The van der Waals surface area contributed by atoms with Crippen molar-refractivity contribution in [2.75, 3.05) is 11.2 Å². The fourth-order valence-electron chi connectivity index (χ4n) is 3.84. The summed E-state index contributed by atoms with van der Waals surface area (Å²) in [4.78, 5) is 36.9. The van der Waals surface area contributed by atoms with Gasteiger partial charge in [0.25, 0.3) is 5.91 Å². The third-order valence-corrected chi connectivity index (χ3v) is 6.12. The first-order valence-electron chi connectivity index (χ1n) is 10.2. The lowest BCUT2D eigenvalue weighted by Gasteiger charge is -2.24. The van der Waals surface area contributed by atoms with Crippen molar-refractivity contribution in [1.29, 1.82) is 0 Å². The summed E-state index contributed by atoms with van der Waals surface area (Å²) in [5, 5.41) is 1.80. The lowest BCUT2D eigenvalue weighted by molar-refractivity contribution is -0.119. The highest BCUT2D eigenvalue weighted by Gasteiger charge is 2.39. The summed E-state index contributed by atoms with van der Waals surface area (Å²) in [6.07, 6.45) is 3.66. The molecule has 0 radical (unpaired) electrons. The number of anilines is 1. The van der Waals surface area contributed by atoms with Gasteiger partial charge in [-0.05, 0) is 54.5 Å². The number of Topliss-reactive ketones (excluding diaryl/α,β-unsaturated/α-hetero) is 1. The number of carbonyl (C=O) groups excluding carboxylic acids is 2. The van der Waals surface area contributed by atoms with E-state index in [-0.39, 0.29) is 17.7 Å². The van der Waals surface area contributed by atoms with Crippen LogP contribution in [0.25, 0.3) is 11.0 Å². The van der Waals surface area contributed by atoms with Crippen LogP contribution in [-0.4, -0.2) is 27.9 Å². The smallest absolute Gasteiger partial charge is 0.260 e. The second-order valence-electron chi connectivity index (χ2n) is 8.02. The van der Waals surface area contributed by atoms with Crippen LogP contribution in [0.5, 0.6) is 0 Å². The Kier molecular flexibility index (Phi) is 5.86.